The maximum Gasteiger partial charge on any atom is 0.0719 e. The van der Waals surface area contributed by atoms with Crippen LogP contribution in [0.25, 0.3) is 53.0 Å². The molecular formula is C29H23NS. The van der Waals surface area contributed by atoms with Crippen LogP contribution >= 0.6 is 11.3 Å². The Bertz CT molecular complexity index is 1670. The lowest BCUT2D eigenvalue weighted by Crippen LogP contribution is -1.90. The van der Waals surface area contributed by atoms with Gasteiger partial charge in [-0.15, -0.1) is 11.3 Å². The second-order valence-corrected chi connectivity index (χ2v) is 9.60. The van der Waals surface area contributed by atoms with Gasteiger partial charge in [-0.1, -0.05) is 67.9 Å². The molecule has 6 aromatic rings. The van der Waals surface area contributed by atoms with Gasteiger partial charge < -0.3 is 0 Å². The van der Waals surface area contributed by atoms with Gasteiger partial charge in [-0.2, -0.15) is 0 Å². The first-order valence-electron chi connectivity index (χ1n) is 11.1. The number of benzene rings is 4. The first kappa shape index (κ1) is 17.5. The summed E-state index contributed by atoms with van der Waals surface area (Å²) in [6.07, 6.45) is 1.83. The molecule has 0 bridgehead atoms. The van der Waals surface area contributed by atoms with Gasteiger partial charge in [0.15, 0.2) is 0 Å². The molecule has 0 saturated carbocycles. The summed E-state index contributed by atoms with van der Waals surface area (Å²) < 4.78 is 11.0. The van der Waals surface area contributed by atoms with Gasteiger partial charge in [0.2, 0.25) is 0 Å². The predicted molar refractivity (Wildman–Crippen MR) is 136 cm³/mol. The van der Waals surface area contributed by atoms with E-state index in [4.69, 9.17) is 1.37 Å². The van der Waals surface area contributed by atoms with Gasteiger partial charge in [-0.05, 0) is 58.8 Å². The first-order chi connectivity index (χ1) is 15.4. The zero-order valence-electron chi connectivity index (χ0n) is 18.9. The molecule has 0 aliphatic heterocycles. The van der Waals surface area contributed by atoms with Crippen molar-refractivity contribution in [2.75, 3.05) is 0 Å². The highest BCUT2D eigenvalue weighted by Crippen LogP contribution is 2.43. The van der Waals surface area contributed by atoms with Crippen LogP contribution in [-0.2, 0) is 0 Å². The van der Waals surface area contributed by atoms with Crippen LogP contribution in [0, 0.1) is 6.92 Å². The topological polar surface area (TPSA) is 12.9 Å². The van der Waals surface area contributed by atoms with E-state index in [1.165, 1.54) is 47.3 Å². The van der Waals surface area contributed by atoms with Crippen molar-refractivity contribution in [2.24, 2.45) is 0 Å². The summed E-state index contributed by atoms with van der Waals surface area (Å²) >= 11 is 1.85. The Kier molecular flexibility index (Phi) is 3.88. The van der Waals surface area contributed by atoms with E-state index in [-0.39, 0.29) is 0 Å². The molecule has 0 atom stereocenters. The molecule has 0 unspecified atom stereocenters. The number of thiophene rings is 1. The van der Waals surface area contributed by atoms with Crippen LogP contribution < -0.4 is 0 Å². The molecule has 0 radical (unpaired) electrons. The van der Waals surface area contributed by atoms with Crippen LogP contribution in [0.4, 0.5) is 0 Å². The van der Waals surface area contributed by atoms with Crippen molar-refractivity contribution in [3.8, 4) is 11.3 Å². The largest absolute Gasteiger partial charge is 0.256 e. The molecule has 2 heterocycles. The zero-order valence-corrected chi connectivity index (χ0v) is 18.7. The molecular weight excluding hydrogens is 394 g/mol. The minimum Gasteiger partial charge on any atom is -0.256 e. The summed E-state index contributed by atoms with van der Waals surface area (Å²) in [4.78, 5) is 4.68. The number of aryl methyl sites for hydroxylation is 1. The molecule has 2 aromatic heterocycles. The molecule has 150 valence electrons. The van der Waals surface area contributed by atoms with Crippen LogP contribution in [0.1, 0.15) is 32.2 Å². The van der Waals surface area contributed by atoms with E-state index in [1.54, 1.807) is 0 Å². The molecule has 0 N–H and O–H groups in total. The van der Waals surface area contributed by atoms with Gasteiger partial charge in [0.05, 0.1) is 5.69 Å². The molecule has 1 nitrogen and oxygen atoms in total. The van der Waals surface area contributed by atoms with Gasteiger partial charge >= 0.3 is 0 Å². The van der Waals surface area contributed by atoms with Crippen molar-refractivity contribution in [2.45, 2.75) is 26.7 Å². The summed E-state index contributed by atoms with van der Waals surface area (Å²) in [6.45, 7) is 5.99. The molecule has 0 spiro atoms. The number of nitrogens with zero attached hydrogens (tertiary/aromatic N) is 1. The molecule has 6 rings (SSSR count). The maximum atomic E-state index is 8.43. The molecule has 31 heavy (non-hydrogen) atoms. The number of aromatic nitrogens is 1. The lowest BCUT2D eigenvalue weighted by atomic mass is 9.99. The quantitative estimate of drug-likeness (QED) is 0.256. The van der Waals surface area contributed by atoms with Crippen molar-refractivity contribution in [3.63, 3.8) is 0 Å². The summed E-state index contributed by atoms with van der Waals surface area (Å²) in [6, 6.07) is 26.3. The summed E-state index contributed by atoms with van der Waals surface area (Å²) in [5.41, 5.74) is 4.34. The van der Waals surface area contributed by atoms with E-state index in [2.05, 4.69) is 78.6 Å². The number of pyridine rings is 1. The van der Waals surface area contributed by atoms with Gasteiger partial charge in [-0.25, -0.2) is 0 Å². The second kappa shape index (κ2) is 6.90. The maximum absolute atomic E-state index is 8.43. The Labute approximate surface area is 187 Å². The highest BCUT2D eigenvalue weighted by molar-refractivity contribution is 7.27. The van der Waals surface area contributed by atoms with Crippen LogP contribution in [0.5, 0.6) is 0 Å². The highest BCUT2D eigenvalue weighted by Gasteiger charge is 2.14. The minimum absolute atomic E-state index is 0.651. The van der Waals surface area contributed by atoms with E-state index >= 15 is 0 Å². The Morgan fingerprint density at radius 1 is 0.774 bits per heavy atom. The molecule has 0 saturated heterocycles. The van der Waals surface area contributed by atoms with Crippen molar-refractivity contribution in [3.05, 3.63) is 90.1 Å². The fourth-order valence-corrected chi connectivity index (χ4v) is 5.89. The Morgan fingerprint density at radius 3 is 2.48 bits per heavy atom. The molecule has 0 aliphatic rings. The Hall–Kier alpha value is -3.23. The Balaban J connectivity index is 1.65. The van der Waals surface area contributed by atoms with Gasteiger partial charge in [0.25, 0.3) is 0 Å². The predicted octanol–water partition coefficient (Wildman–Crippen LogP) is 8.85. The SMILES string of the molecule is [2H]C(C)(C)c1ccnc(-c2cccc3c2sc2c4cc5ccc(C)cc5cc4ccc32)c1. The van der Waals surface area contributed by atoms with Crippen molar-refractivity contribution in [1.82, 2.24) is 4.98 Å². The highest BCUT2D eigenvalue weighted by atomic mass is 32.1. The monoisotopic (exact) mass is 418 g/mol. The smallest absolute Gasteiger partial charge is 0.0719 e. The van der Waals surface area contributed by atoms with Crippen molar-refractivity contribution >= 4 is 53.1 Å². The van der Waals surface area contributed by atoms with E-state index in [1.807, 2.05) is 37.4 Å². The average molecular weight is 419 g/mol. The first-order valence-corrected chi connectivity index (χ1v) is 11.5. The molecule has 4 aromatic carbocycles. The second-order valence-electron chi connectivity index (χ2n) is 8.58. The summed E-state index contributed by atoms with van der Waals surface area (Å²) in [5.74, 6) is -0.651. The molecule has 2 heteroatoms. The summed E-state index contributed by atoms with van der Waals surface area (Å²) in [5, 5.41) is 7.71. The van der Waals surface area contributed by atoms with Crippen molar-refractivity contribution in [1.29, 1.82) is 0 Å². The average Bonchev–Trinajstić information content (AvgIpc) is 3.16. The molecule has 0 fully saturated rings. The third-order valence-electron chi connectivity index (χ3n) is 6.21. The van der Waals surface area contributed by atoms with Crippen LogP contribution in [-0.4, -0.2) is 4.98 Å². The van der Waals surface area contributed by atoms with Crippen LogP contribution in [0.15, 0.2) is 79.0 Å². The third kappa shape index (κ3) is 2.94. The number of rotatable bonds is 2. The van der Waals surface area contributed by atoms with Crippen molar-refractivity contribution < 1.29 is 1.37 Å². The molecule has 0 aliphatic carbocycles. The standard InChI is InChI=1S/C29H23NS/c1-17(2)19-11-12-30-27(16-19)25-6-4-5-23-24-10-9-21-14-22-13-18(3)7-8-20(22)15-26(21)29(24)31-28(23)25/h4-17H,1-3H3/i17D. The minimum atomic E-state index is -0.651. The summed E-state index contributed by atoms with van der Waals surface area (Å²) in [7, 11) is 0. The fraction of sp³-hybridized carbons (Fsp3) is 0.138. The number of hydrogen-bond acceptors (Lipinski definition) is 2. The van der Waals surface area contributed by atoms with Gasteiger partial charge in [0, 0.05) is 38.7 Å². The normalized spacial score (nSPS) is 12.8. The van der Waals surface area contributed by atoms with Gasteiger partial charge in [0.1, 0.15) is 0 Å². The van der Waals surface area contributed by atoms with Crippen LogP contribution in [0.3, 0.4) is 0 Å². The lowest BCUT2D eigenvalue weighted by Gasteiger charge is -2.08. The lowest BCUT2D eigenvalue weighted by molar-refractivity contribution is 0.864. The van der Waals surface area contributed by atoms with E-state index in [9.17, 15) is 0 Å². The molecule has 0 amide bonds. The van der Waals surface area contributed by atoms with E-state index < -0.39 is 5.89 Å². The third-order valence-corrected chi connectivity index (χ3v) is 7.49. The number of fused-ring (bicyclic) bond motifs is 6. The van der Waals surface area contributed by atoms with E-state index in [0.717, 1.165) is 16.8 Å². The van der Waals surface area contributed by atoms with Gasteiger partial charge in [-0.3, -0.25) is 4.98 Å². The number of hydrogen-bond donors (Lipinski definition) is 0. The Morgan fingerprint density at radius 2 is 1.61 bits per heavy atom. The van der Waals surface area contributed by atoms with E-state index in [0.29, 0.717) is 0 Å². The fourth-order valence-electron chi connectivity index (χ4n) is 4.54. The zero-order chi connectivity index (χ0) is 22.0. The van der Waals surface area contributed by atoms with Crippen LogP contribution in [0.2, 0.25) is 0 Å².